The Morgan fingerprint density at radius 2 is 1.87 bits per heavy atom. The number of aryl methyl sites for hydroxylation is 1. The van der Waals surface area contributed by atoms with Crippen LogP contribution in [0.15, 0.2) is 36.4 Å². The van der Waals surface area contributed by atoms with Gasteiger partial charge in [0.1, 0.15) is 6.04 Å². The SMILES string of the molecule is Cc1cc(CCN(C)C(=O)[C@H](c2cccc3c2OCO3)N2CCC(NC(CO)CO)CC2)cc(C(F)(F)F)c1. The first-order valence-electron chi connectivity index (χ1n) is 13.1. The van der Waals surface area contributed by atoms with Crippen molar-refractivity contribution < 1.29 is 37.7 Å². The highest BCUT2D eigenvalue weighted by atomic mass is 19.4. The zero-order valence-electron chi connectivity index (χ0n) is 22.2. The molecule has 1 amide bonds. The van der Waals surface area contributed by atoms with Crippen molar-refractivity contribution in [3.05, 3.63) is 58.7 Å². The zero-order valence-corrected chi connectivity index (χ0v) is 22.2. The Morgan fingerprint density at radius 1 is 1.15 bits per heavy atom. The maximum Gasteiger partial charge on any atom is 0.416 e. The minimum absolute atomic E-state index is 0.0632. The van der Waals surface area contributed by atoms with Gasteiger partial charge >= 0.3 is 6.18 Å². The number of carbonyl (C=O) groups excluding carboxylic acids is 1. The number of hydrogen-bond acceptors (Lipinski definition) is 7. The number of rotatable bonds is 10. The number of fused-ring (bicyclic) bond motifs is 1. The minimum Gasteiger partial charge on any atom is -0.454 e. The van der Waals surface area contributed by atoms with Crippen molar-refractivity contribution in [2.75, 3.05) is 46.7 Å². The van der Waals surface area contributed by atoms with Gasteiger partial charge in [-0.3, -0.25) is 9.69 Å². The molecule has 39 heavy (non-hydrogen) atoms. The molecule has 2 aromatic carbocycles. The number of alkyl halides is 3. The van der Waals surface area contributed by atoms with E-state index in [4.69, 9.17) is 9.47 Å². The van der Waals surface area contributed by atoms with Crippen LogP contribution in [0.4, 0.5) is 13.2 Å². The summed E-state index contributed by atoms with van der Waals surface area (Å²) in [4.78, 5) is 17.6. The van der Waals surface area contributed by atoms with Gasteiger partial charge in [-0.25, -0.2) is 0 Å². The molecule has 2 aromatic rings. The van der Waals surface area contributed by atoms with Crippen LogP contribution in [0.5, 0.6) is 11.5 Å². The smallest absolute Gasteiger partial charge is 0.416 e. The van der Waals surface area contributed by atoms with Gasteiger partial charge in [-0.05, 0) is 49.9 Å². The van der Waals surface area contributed by atoms with Gasteiger partial charge in [-0.2, -0.15) is 13.2 Å². The van der Waals surface area contributed by atoms with Crippen LogP contribution in [0, 0.1) is 6.92 Å². The fraction of sp³-hybridized carbons (Fsp3) is 0.536. The second kappa shape index (κ2) is 12.5. The maximum absolute atomic E-state index is 13.9. The van der Waals surface area contributed by atoms with E-state index in [1.165, 1.54) is 0 Å². The first-order valence-corrected chi connectivity index (χ1v) is 13.1. The number of amides is 1. The van der Waals surface area contributed by atoms with Crippen molar-refractivity contribution in [1.29, 1.82) is 0 Å². The standard InChI is InChI=1S/C28H36F3N3O5/c1-18-12-19(14-20(13-18)28(29,30)31)6-9-33(2)27(37)25(23-4-3-5-24-26(23)39-17-38-24)34-10-7-21(8-11-34)32-22(15-35)16-36/h3-5,12-14,21-22,25,32,35-36H,6-11,15-17H2,1-2H3/t25-/m0/s1. The van der Waals surface area contributed by atoms with Crippen LogP contribution in [0.2, 0.25) is 0 Å². The molecule has 0 unspecified atom stereocenters. The molecule has 1 saturated heterocycles. The number of nitrogens with zero attached hydrogens (tertiary/aromatic N) is 2. The fourth-order valence-electron chi connectivity index (χ4n) is 5.26. The Kier molecular flexibility index (Phi) is 9.37. The molecule has 0 aliphatic carbocycles. The number of nitrogens with one attached hydrogen (secondary N) is 1. The molecule has 2 heterocycles. The number of para-hydroxylation sites is 1. The molecule has 0 radical (unpaired) electrons. The fourth-order valence-corrected chi connectivity index (χ4v) is 5.26. The quantitative estimate of drug-likeness (QED) is 0.418. The van der Waals surface area contributed by atoms with E-state index in [-0.39, 0.29) is 44.9 Å². The van der Waals surface area contributed by atoms with Crippen molar-refractivity contribution in [3.63, 3.8) is 0 Å². The van der Waals surface area contributed by atoms with E-state index >= 15 is 0 Å². The van der Waals surface area contributed by atoms with Gasteiger partial charge < -0.3 is 29.9 Å². The van der Waals surface area contributed by atoms with Crippen molar-refractivity contribution in [2.24, 2.45) is 0 Å². The summed E-state index contributed by atoms with van der Waals surface area (Å²) in [7, 11) is 1.66. The average Bonchev–Trinajstić information content (AvgIpc) is 3.40. The summed E-state index contributed by atoms with van der Waals surface area (Å²) in [6, 6.07) is 8.44. The molecular formula is C28H36F3N3O5. The summed E-state index contributed by atoms with van der Waals surface area (Å²) in [6.07, 6.45) is -2.74. The predicted octanol–water partition coefficient (Wildman–Crippen LogP) is 2.89. The monoisotopic (exact) mass is 551 g/mol. The lowest BCUT2D eigenvalue weighted by Gasteiger charge is -2.39. The number of carbonyl (C=O) groups is 1. The molecule has 0 bridgehead atoms. The van der Waals surface area contributed by atoms with Crippen molar-refractivity contribution >= 4 is 5.91 Å². The number of likely N-dealkylation sites (tertiary alicyclic amines) is 1. The number of aliphatic hydroxyl groups is 2. The summed E-state index contributed by atoms with van der Waals surface area (Å²) < 4.78 is 51.2. The molecule has 0 aromatic heterocycles. The number of ether oxygens (including phenoxy) is 2. The Balaban J connectivity index is 1.51. The second-order valence-electron chi connectivity index (χ2n) is 10.2. The van der Waals surface area contributed by atoms with Gasteiger partial charge in [0.15, 0.2) is 11.5 Å². The van der Waals surface area contributed by atoms with Gasteiger partial charge in [0.25, 0.3) is 0 Å². The number of aliphatic hydroxyl groups excluding tert-OH is 2. The normalized spacial score (nSPS) is 17.0. The van der Waals surface area contributed by atoms with Crippen molar-refractivity contribution in [3.8, 4) is 11.5 Å². The van der Waals surface area contributed by atoms with E-state index in [1.54, 1.807) is 31.0 Å². The topological polar surface area (TPSA) is 94.5 Å². The Bertz CT molecular complexity index is 1130. The summed E-state index contributed by atoms with van der Waals surface area (Å²) in [5.74, 6) is 0.911. The third-order valence-corrected chi connectivity index (χ3v) is 7.34. The van der Waals surface area contributed by atoms with Crippen molar-refractivity contribution in [2.45, 2.75) is 50.5 Å². The highest BCUT2D eigenvalue weighted by Crippen LogP contribution is 2.41. The van der Waals surface area contributed by atoms with E-state index in [0.29, 0.717) is 54.1 Å². The minimum atomic E-state index is -4.43. The molecule has 2 aliphatic heterocycles. The van der Waals surface area contributed by atoms with Crippen LogP contribution in [0.1, 0.15) is 41.1 Å². The van der Waals surface area contributed by atoms with E-state index in [0.717, 1.165) is 12.1 Å². The molecule has 4 rings (SSSR count). The van der Waals surface area contributed by atoms with Gasteiger partial charge in [0, 0.05) is 38.3 Å². The predicted molar refractivity (Wildman–Crippen MR) is 139 cm³/mol. The Morgan fingerprint density at radius 3 is 2.54 bits per heavy atom. The highest BCUT2D eigenvalue weighted by Gasteiger charge is 2.37. The van der Waals surface area contributed by atoms with Crippen LogP contribution >= 0.6 is 0 Å². The first-order chi connectivity index (χ1) is 18.6. The highest BCUT2D eigenvalue weighted by molar-refractivity contribution is 5.84. The number of benzene rings is 2. The molecule has 1 fully saturated rings. The maximum atomic E-state index is 13.9. The number of hydrogen-bond donors (Lipinski definition) is 3. The van der Waals surface area contributed by atoms with Gasteiger partial charge in [0.2, 0.25) is 12.7 Å². The molecule has 11 heteroatoms. The largest absolute Gasteiger partial charge is 0.454 e. The molecule has 214 valence electrons. The second-order valence-corrected chi connectivity index (χ2v) is 10.2. The van der Waals surface area contributed by atoms with Gasteiger partial charge in [0.05, 0.1) is 24.8 Å². The summed E-state index contributed by atoms with van der Waals surface area (Å²) in [5, 5.41) is 22.1. The molecule has 3 N–H and O–H groups in total. The van der Waals surface area contributed by atoms with Crippen LogP contribution in [-0.2, 0) is 17.4 Å². The summed E-state index contributed by atoms with van der Waals surface area (Å²) >= 11 is 0. The molecule has 2 aliphatic rings. The lowest BCUT2D eigenvalue weighted by atomic mass is 9.96. The van der Waals surface area contributed by atoms with E-state index < -0.39 is 23.8 Å². The van der Waals surface area contributed by atoms with Crippen molar-refractivity contribution in [1.82, 2.24) is 15.1 Å². The average molecular weight is 552 g/mol. The first kappa shape index (κ1) is 29.1. The molecule has 0 saturated carbocycles. The third-order valence-electron chi connectivity index (χ3n) is 7.34. The summed E-state index contributed by atoms with van der Waals surface area (Å²) in [6.45, 7) is 2.78. The van der Waals surface area contributed by atoms with Crippen LogP contribution in [0.3, 0.4) is 0 Å². The van der Waals surface area contributed by atoms with Crippen LogP contribution in [0.25, 0.3) is 0 Å². The van der Waals surface area contributed by atoms with E-state index in [1.807, 2.05) is 12.1 Å². The van der Waals surface area contributed by atoms with Gasteiger partial charge in [-0.1, -0.05) is 23.8 Å². The van der Waals surface area contributed by atoms with E-state index in [2.05, 4.69) is 10.2 Å². The lowest BCUT2D eigenvalue weighted by Crippen LogP contribution is -2.51. The molecule has 0 spiro atoms. The molecule has 8 nitrogen and oxygen atoms in total. The lowest BCUT2D eigenvalue weighted by molar-refractivity contribution is -0.138. The molecular weight excluding hydrogens is 515 g/mol. The Labute approximate surface area is 226 Å². The number of halogens is 3. The Hall–Kier alpha value is -2.86. The van der Waals surface area contributed by atoms with Crippen LogP contribution in [-0.4, -0.2) is 84.7 Å². The molecule has 1 atom stereocenters. The summed E-state index contributed by atoms with van der Waals surface area (Å²) in [5.41, 5.74) is 1.03. The third kappa shape index (κ3) is 7.02. The van der Waals surface area contributed by atoms with Gasteiger partial charge in [-0.15, -0.1) is 0 Å². The van der Waals surface area contributed by atoms with E-state index in [9.17, 15) is 28.2 Å². The number of likely N-dealkylation sites (N-methyl/N-ethyl adjacent to an activating group) is 1. The zero-order chi connectivity index (χ0) is 28.2. The van der Waals surface area contributed by atoms with Crippen LogP contribution < -0.4 is 14.8 Å². The number of piperidine rings is 1.